The zero-order chi connectivity index (χ0) is 23.6. The summed E-state index contributed by atoms with van der Waals surface area (Å²) in [5.74, 6) is -1.94. The average molecular weight is 453 g/mol. The van der Waals surface area contributed by atoms with E-state index in [2.05, 4.69) is 34.9 Å². The van der Waals surface area contributed by atoms with E-state index in [9.17, 15) is 19.5 Å². The van der Waals surface area contributed by atoms with Gasteiger partial charge in [0.05, 0.1) is 0 Å². The van der Waals surface area contributed by atoms with Gasteiger partial charge in [0.25, 0.3) is 0 Å². The van der Waals surface area contributed by atoms with Gasteiger partial charge in [0, 0.05) is 25.0 Å². The molecule has 0 spiro atoms. The van der Waals surface area contributed by atoms with E-state index in [1.54, 1.807) is 0 Å². The van der Waals surface area contributed by atoms with Gasteiger partial charge >= 0.3 is 12.1 Å². The average Bonchev–Trinajstić information content (AvgIpc) is 3.39. The highest BCUT2D eigenvalue weighted by Gasteiger charge is 2.39. The maximum Gasteiger partial charge on any atom is 0.407 e. The molecule has 2 aliphatic rings. The van der Waals surface area contributed by atoms with Crippen LogP contribution in [0.2, 0.25) is 0 Å². The number of aliphatic carboxylic acids is 1. The normalized spacial score (nSPS) is 19.5. The van der Waals surface area contributed by atoms with Crippen molar-refractivity contribution in [2.24, 2.45) is 5.92 Å². The van der Waals surface area contributed by atoms with E-state index in [-0.39, 0.29) is 25.0 Å². The van der Waals surface area contributed by atoms with E-state index in [1.165, 1.54) is 13.8 Å². The molecule has 3 N–H and O–H groups in total. The molecule has 4 rings (SSSR count). The van der Waals surface area contributed by atoms with Crippen molar-refractivity contribution in [2.45, 2.75) is 37.8 Å². The number of amides is 2. The minimum absolute atomic E-state index is 0.0326. The standard InChI is InChI=1S/C25H28N2O6/c1-25(2,23(29)30)27-22(28)21-15(11-12-32-21)13-26-24(31)33-14-20-18-9-5-3-7-16(18)17-8-4-6-10-19(17)20/h3-10,15,20-21H,11-14H2,1-2H3,(H,26,31)(H,27,28)(H,29,30)/t15-,21-/m1/s1. The summed E-state index contributed by atoms with van der Waals surface area (Å²) in [4.78, 5) is 36.2. The summed E-state index contributed by atoms with van der Waals surface area (Å²) < 4.78 is 11.0. The van der Waals surface area contributed by atoms with Crippen LogP contribution in [0.5, 0.6) is 0 Å². The van der Waals surface area contributed by atoms with Gasteiger partial charge in [0.15, 0.2) is 0 Å². The summed E-state index contributed by atoms with van der Waals surface area (Å²) in [6.45, 7) is 3.58. The van der Waals surface area contributed by atoms with Gasteiger partial charge in [-0.25, -0.2) is 9.59 Å². The minimum atomic E-state index is -1.41. The van der Waals surface area contributed by atoms with Crippen LogP contribution >= 0.6 is 0 Å². The first-order valence-corrected chi connectivity index (χ1v) is 11.0. The Kier molecular flexibility index (Phi) is 6.37. The van der Waals surface area contributed by atoms with Crippen LogP contribution in [0.3, 0.4) is 0 Å². The molecule has 2 aromatic carbocycles. The number of rotatable bonds is 7. The molecule has 1 fully saturated rings. The molecule has 0 aromatic heterocycles. The number of benzene rings is 2. The second-order valence-electron chi connectivity index (χ2n) is 8.97. The second kappa shape index (κ2) is 9.23. The summed E-state index contributed by atoms with van der Waals surface area (Å²) in [7, 11) is 0. The predicted octanol–water partition coefficient (Wildman–Crippen LogP) is 2.91. The molecule has 8 nitrogen and oxygen atoms in total. The molecule has 8 heteroatoms. The molecule has 1 saturated heterocycles. The SMILES string of the molecule is CC(C)(NC(=O)[C@@H]1OCC[C@@H]1CNC(=O)OCC1c2ccccc2-c2ccccc21)C(=O)O. The van der Waals surface area contributed by atoms with Crippen LogP contribution in [0.1, 0.15) is 37.3 Å². The zero-order valence-electron chi connectivity index (χ0n) is 18.7. The second-order valence-corrected chi connectivity index (χ2v) is 8.97. The van der Waals surface area contributed by atoms with Crippen LogP contribution in [0.25, 0.3) is 11.1 Å². The summed E-state index contributed by atoms with van der Waals surface area (Å²) in [6.07, 6.45) is -0.804. The number of hydrogen-bond donors (Lipinski definition) is 3. The highest BCUT2D eigenvalue weighted by atomic mass is 16.5. The molecule has 0 saturated carbocycles. The van der Waals surface area contributed by atoms with Gasteiger partial charge in [0.2, 0.25) is 5.91 Å². The lowest BCUT2D eigenvalue weighted by Gasteiger charge is -2.25. The monoisotopic (exact) mass is 452 g/mol. The fraction of sp³-hybridized carbons (Fsp3) is 0.400. The summed E-state index contributed by atoms with van der Waals surface area (Å²) >= 11 is 0. The van der Waals surface area contributed by atoms with Crippen molar-refractivity contribution in [3.8, 4) is 11.1 Å². The molecule has 1 aliphatic carbocycles. The molecule has 0 radical (unpaired) electrons. The van der Waals surface area contributed by atoms with Gasteiger partial charge in [-0.2, -0.15) is 0 Å². The number of alkyl carbamates (subject to hydrolysis) is 1. The van der Waals surface area contributed by atoms with E-state index in [4.69, 9.17) is 9.47 Å². The summed E-state index contributed by atoms with van der Waals surface area (Å²) in [6, 6.07) is 16.2. The number of ether oxygens (including phenoxy) is 2. The van der Waals surface area contributed by atoms with Crippen LogP contribution in [0.15, 0.2) is 48.5 Å². The molecular formula is C25H28N2O6. The number of carbonyl (C=O) groups excluding carboxylic acids is 2. The Balaban J connectivity index is 1.32. The van der Waals surface area contributed by atoms with Crippen molar-refractivity contribution in [1.82, 2.24) is 10.6 Å². The van der Waals surface area contributed by atoms with Crippen LogP contribution in [-0.4, -0.2) is 54.5 Å². The van der Waals surface area contributed by atoms with Gasteiger partial charge in [-0.3, -0.25) is 4.79 Å². The number of fused-ring (bicyclic) bond motifs is 3. The fourth-order valence-corrected chi connectivity index (χ4v) is 4.43. The molecule has 2 aromatic rings. The third-order valence-electron chi connectivity index (χ3n) is 6.30. The van der Waals surface area contributed by atoms with Crippen LogP contribution in [0.4, 0.5) is 4.79 Å². The minimum Gasteiger partial charge on any atom is -0.480 e. The molecule has 174 valence electrons. The predicted molar refractivity (Wildman–Crippen MR) is 121 cm³/mol. The van der Waals surface area contributed by atoms with Crippen LogP contribution in [-0.2, 0) is 19.1 Å². The highest BCUT2D eigenvalue weighted by Crippen LogP contribution is 2.44. The molecule has 0 unspecified atom stereocenters. The maximum atomic E-state index is 12.5. The van der Waals surface area contributed by atoms with Gasteiger partial charge in [-0.05, 0) is 42.5 Å². The quantitative estimate of drug-likeness (QED) is 0.595. The Morgan fingerprint density at radius 3 is 2.27 bits per heavy atom. The van der Waals surface area contributed by atoms with E-state index >= 15 is 0 Å². The lowest BCUT2D eigenvalue weighted by Crippen LogP contribution is -2.54. The number of carbonyl (C=O) groups is 3. The lowest BCUT2D eigenvalue weighted by molar-refractivity contribution is -0.148. The molecule has 2 amide bonds. The van der Waals surface area contributed by atoms with E-state index in [1.807, 2.05) is 24.3 Å². The van der Waals surface area contributed by atoms with Crippen molar-refractivity contribution in [1.29, 1.82) is 0 Å². The van der Waals surface area contributed by atoms with Crippen LogP contribution in [0, 0.1) is 5.92 Å². The summed E-state index contributed by atoms with van der Waals surface area (Å²) in [5.41, 5.74) is 3.17. The number of carboxylic acids is 1. The van der Waals surface area contributed by atoms with E-state index in [0.717, 1.165) is 22.3 Å². The third-order valence-corrected chi connectivity index (χ3v) is 6.30. The Morgan fingerprint density at radius 2 is 1.67 bits per heavy atom. The van der Waals surface area contributed by atoms with Gasteiger partial charge < -0.3 is 25.2 Å². The van der Waals surface area contributed by atoms with E-state index in [0.29, 0.717) is 13.0 Å². The largest absolute Gasteiger partial charge is 0.480 e. The fourth-order valence-electron chi connectivity index (χ4n) is 4.43. The number of hydrogen-bond acceptors (Lipinski definition) is 5. The smallest absolute Gasteiger partial charge is 0.407 e. The molecule has 1 heterocycles. The van der Waals surface area contributed by atoms with Gasteiger partial charge in [0.1, 0.15) is 18.2 Å². The first-order chi connectivity index (χ1) is 15.8. The van der Waals surface area contributed by atoms with E-state index < -0.39 is 29.6 Å². The third kappa shape index (κ3) is 4.71. The Morgan fingerprint density at radius 1 is 1.06 bits per heavy atom. The lowest BCUT2D eigenvalue weighted by atomic mass is 9.98. The van der Waals surface area contributed by atoms with Crippen molar-refractivity contribution in [3.63, 3.8) is 0 Å². The molecule has 2 atom stereocenters. The van der Waals surface area contributed by atoms with Crippen molar-refractivity contribution in [2.75, 3.05) is 19.8 Å². The first kappa shape index (κ1) is 22.8. The molecular weight excluding hydrogens is 424 g/mol. The Hall–Kier alpha value is -3.39. The zero-order valence-corrected chi connectivity index (χ0v) is 18.7. The summed E-state index contributed by atoms with van der Waals surface area (Å²) in [5, 5.41) is 14.4. The number of nitrogens with one attached hydrogen (secondary N) is 2. The highest BCUT2D eigenvalue weighted by molar-refractivity contribution is 5.89. The topological polar surface area (TPSA) is 114 Å². The molecule has 0 bridgehead atoms. The maximum absolute atomic E-state index is 12.5. The van der Waals surface area contributed by atoms with Gasteiger partial charge in [-0.1, -0.05) is 48.5 Å². The Labute approximate surface area is 192 Å². The van der Waals surface area contributed by atoms with Crippen molar-refractivity contribution < 1.29 is 29.0 Å². The van der Waals surface area contributed by atoms with Gasteiger partial charge in [-0.15, -0.1) is 0 Å². The Bertz CT molecular complexity index is 1020. The first-order valence-electron chi connectivity index (χ1n) is 11.0. The molecule has 33 heavy (non-hydrogen) atoms. The number of carboxylic acid groups (broad SMARTS) is 1. The van der Waals surface area contributed by atoms with Crippen molar-refractivity contribution >= 4 is 18.0 Å². The molecule has 1 aliphatic heterocycles. The van der Waals surface area contributed by atoms with Crippen molar-refractivity contribution in [3.05, 3.63) is 59.7 Å². The van der Waals surface area contributed by atoms with Crippen LogP contribution < -0.4 is 10.6 Å².